The fourth-order valence-corrected chi connectivity index (χ4v) is 2.55. The minimum atomic E-state index is -0.611. The van der Waals surface area contributed by atoms with Crippen molar-refractivity contribution in [3.8, 4) is 0 Å². The predicted octanol–water partition coefficient (Wildman–Crippen LogP) is 3.42. The Morgan fingerprint density at radius 1 is 1.37 bits per heavy atom. The molecule has 1 aliphatic rings. The van der Waals surface area contributed by atoms with Gasteiger partial charge in [0.25, 0.3) is 0 Å². The van der Waals surface area contributed by atoms with Crippen molar-refractivity contribution in [3.63, 3.8) is 0 Å². The molecule has 1 aliphatic carbocycles. The SMILES string of the molecule is C=CC(=O)N(Cc1ccc(F)cc1F)C1CCCC1. The lowest BCUT2D eigenvalue weighted by atomic mass is 10.1. The van der Waals surface area contributed by atoms with Crippen molar-refractivity contribution < 1.29 is 13.6 Å². The number of nitrogens with zero attached hydrogens (tertiary/aromatic N) is 1. The van der Waals surface area contributed by atoms with Gasteiger partial charge in [-0.2, -0.15) is 0 Å². The smallest absolute Gasteiger partial charge is 0.246 e. The Kier molecular flexibility index (Phi) is 4.30. The Balaban J connectivity index is 2.19. The zero-order valence-electron chi connectivity index (χ0n) is 10.7. The van der Waals surface area contributed by atoms with Crippen LogP contribution in [0.1, 0.15) is 31.2 Å². The Morgan fingerprint density at radius 2 is 2.05 bits per heavy atom. The summed E-state index contributed by atoms with van der Waals surface area (Å²) in [4.78, 5) is 13.5. The van der Waals surface area contributed by atoms with Crippen molar-refractivity contribution in [1.29, 1.82) is 0 Å². The van der Waals surface area contributed by atoms with Crippen molar-refractivity contribution in [2.45, 2.75) is 38.3 Å². The van der Waals surface area contributed by atoms with E-state index in [0.717, 1.165) is 31.7 Å². The van der Waals surface area contributed by atoms with E-state index in [-0.39, 0.29) is 18.5 Å². The summed E-state index contributed by atoms with van der Waals surface area (Å²) in [6, 6.07) is 3.59. The van der Waals surface area contributed by atoms with Crippen molar-refractivity contribution in [3.05, 3.63) is 48.1 Å². The maximum Gasteiger partial charge on any atom is 0.246 e. The van der Waals surface area contributed by atoms with Gasteiger partial charge in [0.1, 0.15) is 11.6 Å². The molecule has 0 unspecified atom stereocenters. The van der Waals surface area contributed by atoms with Crippen LogP contribution in [0.3, 0.4) is 0 Å². The molecular formula is C15H17F2NO. The number of carbonyl (C=O) groups excluding carboxylic acids is 1. The van der Waals surface area contributed by atoms with E-state index in [9.17, 15) is 13.6 Å². The molecule has 19 heavy (non-hydrogen) atoms. The molecule has 0 aliphatic heterocycles. The van der Waals surface area contributed by atoms with Crippen molar-refractivity contribution >= 4 is 5.91 Å². The van der Waals surface area contributed by atoms with Crippen LogP contribution >= 0.6 is 0 Å². The summed E-state index contributed by atoms with van der Waals surface area (Å²) in [6.07, 6.45) is 5.28. The summed E-state index contributed by atoms with van der Waals surface area (Å²) in [6.45, 7) is 3.65. The highest BCUT2D eigenvalue weighted by molar-refractivity contribution is 5.87. The largest absolute Gasteiger partial charge is 0.332 e. The first-order chi connectivity index (χ1) is 9.11. The van der Waals surface area contributed by atoms with Crippen LogP contribution in [0.25, 0.3) is 0 Å². The minimum Gasteiger partial charge on any atom is -0.332 e. The Morgan fingerprint density at radius 3 is 2.63 bits per heavy atom. The molecule has 0 atom stereocenters. The van der Waals surface area contributed by atoms with Crippen molar-refractivity contribution in [2.24, 2.45) is 0 Å². The first-order valence-corrected chi connectivity index (χ1v) is 6.49. The summed E-state index contributed by atoms with van der Waals surface area (Å²) in [5, 5.41) is 0. The summed E-state index contributed by atoms with van der Waals surface area (Å²) in [7, 11) is 0. The van der Waals surface area contributed by atoms with E-state index in [1.807, 2.05) is 0 Å². The van der Waals surface area contributed by atoms with Gasteiger partial charge in [0.2, 0.25) is 5.91 Å². The fourth-order valence-electron chi connectivity index (χ4n) is 2.55. The first kappa shape index (κ1) is 13.7. The van der Waals surface area contributed by atoms with E-state index in [4.69, 9.17) is 0 Å². The lowest BCUT2D eigenvalue weighted by molar-refractivity contribution is -0.128. The highest BCUT2D eigenvalue weighted by atomic mass is 19.1. The topological polar surface area (TPSA) is 20.3 Å². The molecule has 1 amide bonds. The van der Waals surface area contributed by atoms with E-state index >= 15 is 0 Å². The standard InChI is InChI=1S/C15H17F2NO/c1-2-15(19)18(13-5-3-4-6-13)10-11-7-8-12(16)9-14(11)17/h2,7-9,13H,1,3-6,10H2. The Hall–Kier alpha value is -1.71. The van der Waals surface area contributed by atoms with Gasteiger partial charge in [-0.3, -0.25) is 4.79 Å². The van der Waals surface area contributed by atoms with Gasteiger partial charge in [-0.15, -0.1) is 0 Å². The molecule has 0 aromatic heterocycles. The number of hydrogen-bond donors (Lipinski definition) is 0. The summed E-state index contributed by atoms with van der Waals surface area (Å²) >= 11 is 0. The Bertz CT molecular complexity index is 481. The van der Waals surface area contributed by atoms with Crippen LogP contribution in [-0.4, -0.2) is 16.8 Å². The molecule has 0 radical (unpaired) electrons. The second-order valence-corrected chi connectivity index (χ2v) is 4.84. The lowest BCUT2D eigenvalue weighted by Gasteiger charge is -2.28. The zero-order valence-corrected chi connectivity index (χ0v) is 10.7. The van der Waals surface area contributed by atoms with Crippen LogP contribution in [0.2, 0.25) is 0 Å². The fraction of sp³-hybridized carbons (Fsp3) is 0.400. The number of hydrogen-bond acceptors (Lipinski definition) is 1. The maximum atomic E-state index is 13.7. The molecule has 2 nitrogen and oxygen atoms in total. The molecule has 0 N–H and O–H groups in total. The van der Waals surface area contributed by atoms with Gasteiger partial charge >= 0.3 is 0 Å². The molecule has 0 heterocycles. The van der Waals surface area contributed by atoms with Crippen LogP contribution in [0.4, 0.5) is 8.78 Å². The number of amides is 1. The van der Waals surface area contributed by atoms with E-state index < -0.39 is 11.6 Å². The van der Waals surface area contributed by atoms with Crippen molar-refractivity contribution in [2.75, 3.05) is 0 Å². The number of carbonyl (C=O) groups is 1. The highest BCUT2D eigenvalue weighted by Crippen LogP contribution is 2.26. The molecule has 0 spiro atoms. The average molecular weight is 265 g/mol. The van der Waals surface area contributed by atoms with Crippen LogP contribution in [0.15, 0.2) is 30.9 Å². The van der Waals surface area contributed by atoms with Gasteiger partial charge in [0.15, 0.2) is 0 Å². The molecule has 1 aromatic carbocycles. The lowest BCUT2D eigenvalue weighted by Crippen LogP contribution is -2.37. The normalized spacial score (nSPS) is 15.5. The molecule has 2 rings (SSSR count). The van der Waals surface area contributed by atoms with Crippen LogP contribution < -0.4 is 0 Å². The van der Waals surface area contributed by atoms with E-state index in [0.29, 0.717) is 5.56 Å². The predicted molar refractivity (Wildman–Crippen MR) is 69.4 cm³/mol. The van der Waals surface area contributed by atoms with Gasteiger partial charge in [0, 0.05) is 24.2 Å². The minimum absolute atomic E-state index is 0.134. The molecule has 1 aromatic rings. The Labute approximate surface area is 111 Å². The average Bonchev–Trinajstić information content (AvgIpc) is 2.91. The summed E-state index contributed by atoms with van der Waals surface area (Å²) in [5.41, 5.74) is 0.337. The van der Waals surface area contributed by atoms with Crippen molar-refractivity contribution in [1.82, 2.24) is 4.90 Å². The molecule has 0 bridgehead atoms. The molecule has 1 saturated carbocycles. The van der Waals surface area contributed by atoms with E-state index in [1.54, 1.807) is 4.90 Å². The third kappa shape index (κ3) is 3.19. The molecule has 4 heteroatoms. The van der Waals surface area contributed by atoms with Gasteiger partial charge in [-0.25, -0.2) is 8.78 Å². The van der Waals surface area contributed by atoms with Gasteiger partial charge in [-0.1, -0.05) is 25.5 Å². The second kappa shape index (κ2) is 5.95. The van der Waals surface area contributed by atoms with Crippen LogP contribution in [-0.2, 0) is 11.3 Å². The van der Waals surface area contributed by atoms with Crippen LogP contribution in [0, 0.1) is 11.6 Å². The first-order valence-electron chi connectivity index (χ1n) is 6.49. The number of rotatable bonds is 4. The quantitative estimate of drug-likeness (QED) is 0.764. The van der Waals surface area contributed by atoms with E-state index in [2.05, 4.69) is 6.58 Å². The van der Waals surface area contributed by atoms with Crippen LogP contribution in [0.5, 0.6) is 0 Å². The monoisotopic (exact) mass is 265 g/mol. The molecule has 0 saturated heterocycles. The number of benzene rings is 1. The third-order valence-corrected chi connectivity index (χ3v) is 3.58. The summed E-state index contributed by atoms with van der Waals surface area (Å²) in [5.74, 6) is -1.42. The highest BCUT2D eigenvalue weighted by Gasteiger charge is 2.26. The van der Waals surface area contributed by atoms with E-state index in [1.165, 1.54) is 18.2 Å². The zero-order chi connectivity index (χ0) is 13.8. The number of halogens is 2. The van der Waals surface area contributed by atoms with Gasteiger partial charge in [0.05, 0.1) is 0 Å². The second-order valence-electron chi connectivity index (χ2n) is 4.84. The third-order valence-electron chi connectivity index (χ3n) is 3.58. The molecular weight excluding hydrogens is 248 g/mol. The molecule has 102 valence electrons. The summed E-state index contributed by atoms with van der Waals surface area (Å²) < 4.78 is 26.5. The van der Waals surface area contributed by atoms with Gasteiger partial charge < -0.3 is 4.90 Å². The van der Waals surface area contributed by atoms with Gasteiger partial charge in [-0.05, 0) is 25.0 Å². The maximum absolute atomic E-state index is 13.7. The molecule has 1 fully saturated rings.